The second kappa shape index (κ2) is 8.39. The van der Waals surface area contributed by atoms with Gasteiger partial charge in [0.15, 0.2) is 5.69 Å². The van der Waals surface area contributed by atoms with Crippen LogP contribution in [-0.2, 0) is 11.2 Å². The minimum Gasteiger partial charge on any atom is -0.273 e. The second-order valence-corrected chi connectivity index (χ2v) is 7.60. The lowest BCUT2D eigenvalue weighted by molar-refractivity contribution is -0.121. The Balaban J connectivity index is 1.51. The number of nitrogens with zero attached hydrogens (tertiary/aromatic N) is 2. The van der Waals surface area contributed by atoms with Gasteiger partial charge in [0.1, 0.15) is 0 Å². The van der Waals surface area contributed by atoms with Crippen LogP contribution in [0.15, 0.2) is 71.5 Å². The van der Waals surface area contributed by atoms with E-state index in [1.165, 1.54) is 4.68 Å². The summed E-state index contributed by atoms with van der Waals surface area (Å²) in [5.74, 6) is -0.942. The quantitative estimate of drug-likeness (QED) is 0.502. The number of nitrogens with one attached hydrogen (secondary N) is 2. The number of fused-ring (bicyclic) bond motifs is 2. The first kappa shape index (κ1) is 20.3. The van der Waals surface area contributed by atoms with Gasteiger partial charge in [0.2, 0.25) is 5.91 Å². The van der Waals surface area contributed by atoms with Crippen LogP contribution in [-0.4, -0.2) is 21.6 Å². The van der Waals surface area contributed by atoms with E-state index < -0.39 is 5.91 Å². The van der Waals surface area contributed by atoms with Crippen molar-refractivity contribution in [2.75, 3.05) is 0 Å². The van der Waals surface area contributed by atoms with Crippen molar-refractivity contribution in [3.63, 3.8) is 0 Å². The number of hydrogen-bond acceptors (Lipinski definition) is 4. The Morgan fingerprint density at radius 3 is 2.32 bits per heavy atom. The Morgan fingerprint density at radius 2 is 1.58 bits per heavy atom. The Morgan fingerprint density at radius 1 is 0.903 bits per heavy atom. The summed E-state index contributed by atoms with van der Waals surface area (Å²) in [7, 11) is 0. The summed E-state index contributed by atoms with van der Waals surface area (Å²) in [5.41, 5.74) is 5.51. The lowest BCUT2D eigenvalue weighted by Gasteiger charge is -2.14. The van der Waals surface area contributed by atoms with Crippen molar-refractivity contribution in [1.82, 2.24) is 20.6 Å². The lowest BCUT2D eigenvalue weighted by Crippen LogP contribution is -2.43. The molecule has 0 spiro atoms. The predicted molar refractivity (Wildman–Crippen MR) is 120 cm³/mol. The Kier molecular flexibility index (Phi) is 5.49. The van der Waals surface area contributed by atoms with E-state index in [9.17, 15) is 14.4 Å². The molecule has 0 saturated heterocycles. The molecular formula is C24H22N4O3. The van der Waals surface area contributed by atoms with E-state index in [-0.39, 0.29) is 29.6 Å². The van der Waals surface area contributed by atoms with Gasteiger partial charge in [-0.3, -0.25) is 25.2 Å². The zero-order chi connectivity index (χ0) is 22.0. The van der Waals surface area contributed by atoms with Crippen molar-refractivity contribution >= 4 is 33.4 Å². The fourth-order valence-corrected chi connectivity index (χ4v) is 3.49. The van der Waals surface area contributed by atoms with E-state index >= 15 is 0 Å². The highest BCUT2D eigenvalue weighted by Crippen LogP contribution is 2.16. The molecule has 1 heterocycles. The fourth-order valence-electron chi connectivity index (χ4n) is 3.49. The highest BCUT2D eigenvalue weighted by molar-refractivity contribution is 6.05. The molecule has 7 nitrogen and oxygen atoms in total. The summed E-state index contributed by atoms with van der Waals surface area (Å²) in [6, 6.07) is 20.3. The molecule has 156 valence electrons. The van der Waals surface area contributed by atoms with Gasteiger partial charge in [0.05, 0.1) is 17.8 Å². The summed E-state index contributed by atoms with van der Waals surface area (Å²) in [5, 5.41) is 7.21. The minimum absolute atomic E-state index is 0.0786. The maximum atomic E-state index is 12.8. The number of hydrogen-bond donors (Lipinski definition) is 2. The van der Waals surface area contributed by atoms with Crippen LogP contribution >= 0.6 is 0 Å². The first-order valence-electron chi connectivity index (χ1n) is 10.0. The third-order valence-electron chi connectivity index (χ3n) is 5.03. The Hall–Kier alpha value is -4.00. The first-order valence-corrected chi connectivity index (χ1v) is 10.0. The van der Waals surface area contributed by atoms with Gasteiger partial charge in [-0.15, -0.1) is 0 Å². The van der Waals surface area contributed by atoms with E-state index in [0.29, 0.717) is 10.8 Å². The van der Waals surface area contributed by atoms with E-state index in [0.717, 1.165) is 16.3 Å². The number of carbonyl (C=O) groups is 2. The van der Waals surface area contributed by atoms with Crippen molar-refractivity contribution < 1.29 is 9.59 Å². The van der Waals surface area contributed by atoms with E-state index in [4.69, 9.17) is 0 Å². The summed E-state index contributed by atoms with van der Waals surface area (Å²) < 4.78 is 1.27. The van der Waals surface area contributed by atoms with Gasteiger partial charge in [-0.25, -0.2) is 4.68 Å². The lowest BCUT2D eigenvalue weighted by atomic mass is 10.1. The van der Waals surface area contributed by atoms with Crippen molar-refractivity contribution in [3.05, 3.63) is 88.3 Å². The molecule has 7 heteroatoms. The summed E-state index contributed by atoms with van der Waals surface area (Å²) in [4.78, 5) is 37.8. The van der Waals surface area contributed by atoms with Crippen molar-refractivity contribution in [1.29, 1.82) is 0 Å². The van der Waals surface area contributed by atoms with Gasteiger partial charge in [0.25, 0.3) is 11.5 Å². The van der Waals surface area contributed by atoms with Gasteiger partial charge in [-0.05, 0) is 36.2 Å². The van der Waals surface area contributed by atoms with Gasteiger partial charge < -0.3 is 0 Å². The third kappa shape index (κ3) is 4.16. The molecule has 0 atom stereocenters. The molecule has 2 amide bonds. The molecule has 31 heavy (non-hydrogen) atoms. The van der Waals surface area contributed by atoms with Crippen LogP contribution in [0.25, 0.3) is 21.5 Å². The number of aromatic nitrogens is 2. The van der Waals surface area contributed by atoms with Crippen LogP contribution < -0.4 is 16.4 Å². The molecule has 0 bridgehead atoms. The van der Waals surface area contributed by atoms with Crippen LogP contribution in [0.5, 0.6) is 0 Å². The SMILES string of the molecule is CC(C)n1nc(C(=O)NNC(=O)Cc2ccc3ccccc3c2)c2ccccc2c1=O. The molecule has 0 aliphatic rings. The zero-order valence-corrected chi connectivity index (χ0v) is 17.3. The smallest absolute Gasteiger partial charge is 0.273 e. The summed E-state index contributed by atoms with van der Waals surface area (Å²) in [6.07, 6.45) is 0.116. The fraction of sp³-hybridized carbons (Fsp3) is 0.167. The maximum absolute atomic E-state index is 12.8. The first-order chi connectivity index (χ1) is 14.9. The van der Waals surface area contributed by atoms with Gasteiger partial charge in [-0.1, -0.05) is 60.7 Å². The van der Waals surface area contributed by atoms with Gasteiger partial charge >= 0.3 is 0 Å². The number of amides is 2. The molecule has 0 radical (unpaired) electrons. The predicted octanol–water partition coefficient (Wildman–Crippen LogP) is 3.13. The number of hydrazine groups is 1. The highest BCUT2D eigenvalue weighted by Gasteiger charge is 2.18. The maximum Gasteiger partial charge on any atom is 0.290 e. The molecule has 4 rings (SSSR count). The number of benzene rings is 3. The topological polar surface area (TPSA) is 93.1 Å². The van der Waals surface area contributed by atoms with Crippen LogP contribution in [0.3, 0.4) is 0 Å². The monoisotopic (exact) mass is 414 g/mol. The van der Waals surface area contributed by atoms with Crippen LogP contribution in [0.4, 0.5) is 0 Å². The van der Waals surface area contributed by atoms with Gasteiger partial charge in [0, 0.05) is 5.39 Å². The standard InChI is InChI=1S/C24H22N4O3/c1-15(2)28-24(31)20-10-6-5-9-19(20)22(27-28)23(30)26-25-21(29)14-16-11-12-17-7-3-4-8-18(17)13-16/h3-13,15H,14H2,1-2H3,(H,25,29)(H,26,30). The van der Waals surface area contributed by atoms with Crippen molar-refractivity contribution in [3.8, 4) is 0 Å². The average Bonchev–Trinajstić information content (AvgIpc) is 2.77. The molecule has 3 aromatic carbocycles. The van der Waals surface area contributed by atoms with Crippen LogP contribution in [0.1, 0.15) is 35.9 Å². The third-order valence-corrected chi connectivity index (χ3v) is 5.03. The average molecular weight is 414 g/mol. The molecule has 0 unspecified atom stereocenters. The summed E-state index contributed by atoms with van der Waals surface area (Å²) in [6.45, 7) is 3.63. The van der Waals surface area contributed by atoms with Crippen molar-refractivity contribution in [2.45, 2.75) is 26.3 Å². The van der Waals surface area contributed by atoms with Gasteiger partial charge in [-0.2, -0.15) is 5.10 Å². The molecule has 0 aliphatic heterocycles. The minimum atomic E-state index is -0.586. The second-order valence-electron chi connectivity index (χ2n) is 7.60. The van der Waals surface area contributed by atoms with Crippen molar-refractivity contribution in [2.24, 2.45) is 0 Å². The number of carbonyl (C=O) groups excluding carboxylic acids is 2. The molecule has 0 saturated carbocycles. The van der Waals surface area contributed by atoms with Crippen LogP contribution in [0, 0.1) is 0 Å². The normalized spacial score (nSPS) is 11.1. The van der Waals surface area contributed by atoms with E-state index in [1.807, 2.05) is 56.3 Å². The molecule has 0 fully saturated rings. The highest BCUT2D eigenvalue weighted by atomic mass is 16.2. The molecular weight excluding hydrogens is 392 g/mol. The molecule has 1 aromatic heterocycles. The summed E-state index contributed by atoms with van der Waals surface area (Å²) >= 11 is 0. The van der Waals surface area contributed by atoms with E-state index in [1.54, 1.807) is 24.3 Å². The van der Waals surface area contributed by atoms with E-state index in [2.05, 4.69) is 16.0 Å². The Labute approximate surface area is 178 Å². The largest absolute Gasteiger partial charge is 0.290 e. The molecule has 2 N–H and O–H groups in total. The molecule has 0 aliphatic carbocycles. The zero-order valence-electron chi connectivity index (χ0n) is 17.3. The number of rotatable bonds is 4. The van der Waals surface area contributed by atoms with Crippen LogP contribution in [0.2, 0.25) is 0 Å². The molecule has 4 aromatic rings. The Bertz CT molecular complexity index is 1360.